The highest BCUT2D eigenvalue weighted by Crippen LogP contribution is 2.04. The van der Waals surface area contributed by atoms with Crippen molar-refractivity contribution in [2.24, 2.45) is 0 Å². The van der Waals surface area contributed by atoms with Gasteiger partial charge in [-0.3, -0.25) is 0 Å². The predicted octanol–water partition coefficient (Wildman–Crippen LogP) is 1.60. The minimum Gasteiger partial charge on any atom is -0.377 e. The maximum Gasteiger partial charge on any atom is 0.0791 e. The van der Waals surface area contributed by atoms with Gasteiger partial charge >= 0.3 is 0 Å². The maximum atomic E-state index is 3.17. The van der Waals surface area contributed by atoms with Gasteiger partial charge in [0.25, 0.3) is 0 Å². The Hall–Kier alpha value is -0.720. The van der Waals surface area contributed by atoms with Crippen LogP contribution in [0.3, 0.4) is 0 Å². The van der Waals surface area contributed by atoms with Crippen LogP contribution < -0.4 is 5.32 Å². The van der Waals surface area contributed by atoms with Crippen molar-refractivity contribution in [3.63, 3.8) is 0 Å². The van der Waals surface area contributed by atoms with Crippen LogP contribution in [0.4, 0.5) is 0 Å². The lowest BCUT2D eigenvalue weighted by molar-refractivity contribution is 0.862. The first-order valence-electron chi connectivity index (χ1n) is 2.74. The first kappa shape index (κ1) is 5.42. The Balaban J connectivity index is 2.59. The smallest absolute Gasteiger partial charge is 0.0791 e. The molecule has 43 valence electrons. The van der Waals surface area contributed by atoms with Crippen molar-refractivity contribution in [2.75, 3.05) is 0 Å². The van der Waals surface area contributed by atoms with Gasteiger partial charge < -0.3 is 5.32 Å². The molecule has 0 amide bonds. The van der Waals surface area contributed by atoms with E-state index in [0.29, 0.717) is 0 Å². The SMILES string of the molecule is C[C]1C=CC=C(C)N1. The molecule has 1 heteroatoms. The number of dihydropyridines is 1. The summed E-state index contributed by atoms with van der Waals surface area (Å²) in [6.45, 7) is 4.10. The summed E-state index contributed by atoms with van der Waals surface area (Å²) in [5.74, 6) is 0. The van der Waals surface area contributed by atoms with E-state index in [-0.39, 0.29) is 0 Å². The molecule has 0 atom stereocenters. The summed E-state index contributed by atoms with van der Waals surface area (Å²) in [5, 5.41) is 3.17. The molecule has 0 unspecified atom stereocenters. The van der Waals surface area contributed by atoms with Crippen LogP contribution in [0.15, 0.2) is 23.9 Å². The molecule has 0 aromatic heterocycles. The molecule has 0 bridgehead atoms. The highest BCUT2D eigenvalue weighted by molar-refractivity contribution is 5.24. The summed E-state index contributed by atoms with van der Waals surface area (Å²) in [5.41, 5.74) is 1.21. The molecular formula is C7H10N. The molecule has 1 heterocycles. The van der Waals surface area contributed by atoms with Gasteiger partial charge in [-0.05, 0) is 19.9 Å². The summed E-state index contributed by atoms with van der Waals surface area (Å²) >= 11 is 0. The number of rotatable bonds is 0. The van der Waals surface area contributed by atoms with E-state index in [4.69, 9.17) is 0 Å². The van der Waals surface area contributed by atoms with Gasteiger partial charge in [-0.15, -0.1) is 0 Å². The molecule has 1 rings (SSSR count). The molecular weight excluding hydrogens is 98.1 g/mol. The molecule has 0 fully saturated rings. The number of hydrogen-bond donors (Lipinski definition) is 1. The Morgan fingerprint density at radius 2 is 2.12 bits per heavy atom. The lowest BCUT2D eigenvalue weighted by atomic mass is 10.2. The fourth-order valence-electron chi connectivity index (χ4n) is 0.731. The third kappa shape index (κ3) is 1.12. The van der Waals surface area contributed by atoms with Crippen molar-refractivity contribution in [3.8, 4) is 0 Å². The first-order chi connectivity index (χ1) is 3.79. The van der Waals surface area contributed by atoms with Crippen molar-refractivity contribution < 1.29 is 0 Å². The monoisotopic (exact) mass is 108 g/mol. The number of nitrogens with one attached hydrogen (secondary N) is 1. The Morgan fingerprint density at radius 3 is 2.50 bits per heavy atom. The zero-order valence-electron chi connectivity index (χ0n) is 5.23. The van der Waals surface area contributed by atoms with Gasteiger partial charge in [0.1, 0.15) is 0 Å². The minimum atomic E-state index is 1.21. The molecule has 1 N–H and O–H groups in total. The predicted molar refractivity (Wildman–Crippen MR) is 34.9 cm³/mol. The normalized spacial score (nSPS) is 20.0. The number of hydrogen-bond acceptors (Lipinski definition) is 1. The highest BCUT2D eigenvalue weighted by Gasteiger charge is 1.98. The summed E-state index contributed by atoms with van der Waals surface area (Å²) in [6, 6.07) is 1.21. The van der Waals surface area contributed by atoms with Crippen LogP contribution in [0, 0.1) is 6.04 Å². The van der Waals surface area contributed by atoms with Crippen LogP contribution in [-0.4, -0.2) is 0 Å². The highest BCUT2D eigenvalue weighted by atomic mass is 14.9. The minimum absolute atomic E-state index is 1.21. The zero-order valence-corrected chi connectivity index (χ0v) is 5.23. The summed E-state index contributed by atoms with van der Waals surface area (Å²) in [6.07, 6.45) is 6.14. The molecule has 0 saturated carbocycles. The molecule has 1 radical (unpaired) electrons. The molecule has 0 aromatic rings. The average molecular weight is 108 g/mol. The molecule has 0 aromatic carbocycles. The van der Waals surface area contributed by atoms with E-state index in [1.807, 2.05) is 32.1 Å². The van der Waals surface area contributed by atoms with Gasteiger partial charge in [0.05, 0.1) is 6.04 Å². The Morgan fingerprint density at radius 1 is 1.38 bits per heavy atom. The van der Waals surface area contributed by atoms with Gasteiger partial charge in [0.2, 0.25) is 0 Å². The molecule has 1 aliphatic rings. The van der Waals surface area contributed by atoms with E-state index in [1.54, 1.807) is 0 Å². The standard InChI is InChI=1S/C7H10N/c1-6-4-3-5-7(2)8-6/h3-5,8H,1-2H3. The van der Waals surface area contributed by atoms with Gasteiger partial charge in [-0.25, -0.2) is 0 Å². The topological polar surface area (TPSA) is 12.0 Å². The first-order valence-corrected chi connectivity index (χ1v) is 2.74. The van der Waals surface area contributed by atoms with Crippen LogP contribution in [-0.2, 0) is 0 Å². The van der Waals surface area contributed by atoms with Crippen LogP contribution in [0.1, 0.15) is 13.8 Å². The average Bonchev–Trinajstić information content (AvgIpc) is 1.64. The van der Waals surface area contributed by atoms with Crippen LogP contribution in [0.5, 0.6) is 0 Å². The Labute approximate surface area is 50.1 Å². The van der Waals surface area contributed by atoms with Crippen molar-refractivity contribution in [1.82, 2.24) is 5.32 Å². The van der Waals surface area contributed by atoms with Gasteiger partial charge in [0, 0.05) is 5.70 Å². The largest absolute Gasteiger partial charge is 0.377 e. The summed E-state index contributed by atoms with van der Waals surface area (Å²) in [4.78, 5) is 0. The quantitative estimate of drug-likeness (QED) is 0.497. The van der Waals surface area contributed by atoms with Crippen LogP contribution >= 0.6 is 0 Å². The van der Waals surface area contributed by atoms with Gasteiger partial charge in [-0.2, -0.15) is 0 Å². The molecule has 1 nitrogen and oxygen atoms in total. The van der Waals surface area contributed by atoms with Gasteiger partial charge in [0.15, 0.2) is 0 Å². The number of allylic oxidation sites excluding steroid dienone is 3. The fraction of sp³-hybridized carbons (Fsp3) is 0.286. The van der Waals surface area contributed by atoms with Gasteiger partial charge in [-0.1, -0.05) is 12.2 Å². The molecule has 0 spiro atoms. The van der Waals surface area contributed by atoms with Crippen molar-refractivity contribution in [1.29, 1.82) is 0 Å². The zero-order chi connectivity index (χ0) is 5.98. The van der Waals surface area contributed by atoms with E-state index in [2.05, 4.69) is 5.32 Å². The fourth-order valence-corrected chi connectivity index (χ4v) is 0.731. The van der Waals surface area contributed by atoms with E-state index in [9.17, 15) is 0 Å². The maximum absolute atomic E-state index is 3.17. The summed E-state index contributed by atoms with van der Waals surface area (Å²) in [7, 11) is 0. The molecule has 0 aliphatic carbocycles. The third-order valence-corrected chi connectivity index (χ3v) is 1.09. The lowest BCUT2D eigenvalue weighted by Crippen LogP contribution is -2.15. The Kier molecular flexibility index (Phi) is 1.38. The van der Waals surface area contributed by atoms with Crippen molar-refractivity contribution in [2.45, 2.75) is 13.8 Å². The molecule has 1 aliphatic heterocycles. The second-order valence-electron chi connectivity index (χ2n) is 2.02. The van der Waals surface area contributed by atoms with E-state index in [1.165, 1.54) is 11.7 Å². The van der Waals surface area contributed by atoms with Crippen molar-refractivity contribution in [3.05, 3.63) is 30.0 Å². The van der Waals surface area contributed by atoms with E-state index < -0.39 is 0 Å². The summed E-state index contributed by atoms with van der Waals surface area (Å²) < 4.78 is 0. The third-order valence-electron chi connectivity index (χ3n) is 1.09. The molecule has 8 heavy (non-hydrogen) atoms. The Bertz CT molecular complexity index is 133. The second-order valence-corrected chi connectivity index (χ2v) is 2.02. The van der Waals surface area contributed by atoms with E-state index >= 15 is 0 Å². The molecule has 0 saturated heterocycles. The second kappa shape index (κ2) is 2.03. The van der Waals surface area contributed by atoms with Crippen LogP contribution in [0.25, 0.3) is 0 Å². The van der Waals surface area contributed by atoms with E-state index in [0.717, 1.165) is 0 Å². The lowest BCUT2D eigenvalue weighted by Gasteiger charge is -2.12. The van der Waals surface area contributed by atoms with Crippen LogP contribution in [0.2, 0.25) is 0 Å². The van der Waals surface area contributed by atoms with Crippen molar-refractivity contribution >= 4 is 0 Å².